The molecule has 0 bridgehead atoms. The lowest BCUT2D eigenvalue weighted by Crippen LogP contribution is -2.37. The molecule has 1 saturated heterocycles. The van der Waals surface area contributed by atoms with Gasteiger partial charge in [0, 0.05) is 23.0 Å². The zero-order valence-corrected chi connectivity index (χ0v) is 16.5. The smallest absolute Gasteiger partial charge is 0.302 e. The Balaban J connectivity index is 1.94. The number of hydrogen-bond donors (Lipinski definition) is 1. The molecule has 0 aliphatic carbocycles. The Morgan fingerprint density at radius 1 is 1.28 bits per heavy atom. The predicted molar refractivity (Wildman–Crippen MR) is 101 cm³/mol. The number of nitrogens with one attached hydrogen (secondary N) is 1. The molecule has 1 heterocycles. The maximum absolute atomic E-state index is 11.1. The number of thioether (sulfide) groups is 1. The molecule has 1 N–H and O–H groups in total. The Morgan fingerprint density at radius 3 is 2.52 bits per heavy atom. The van der Waals surface area contributed by atoms with Crippen molar-refractivity contribution in [1.82, 2.24) is 5.32 Å². The quantitative estimate of drug-likeness (QED) is 0.746. The molecule has 25 heavy (non-hydrogen) atoms. The summed E-state index contributed by atoms with van der Waals surface area (Å²) in [5.41, 5.74) is 1.10. The first-order chi connectivity index (χ1) is 11.8. The van der Waals surface area contributed by atoms with Crippen LogP contribution in [0.15, 0.2) is 24.3 Å². The van der Waals surface area contributed by atoms with Crippen LogP contribution in [0.3, 0.4) is 0 Å². The van der Waals surface area contributed by atoms with Gasteiger partial charge in [-0.15, -0.1) is 11.8 Å². The van der Waals surface area contributed by atoms with E-state index in [0.717, 1.165) is 17.7 Å². The topological polar surface area (TPSA) is 56.8 Å². The van der Waals surface area contributed by atoms with E-state index in [2.05, 4.69) is 26.1 Å². The highest BCUT2D eigenvalue weighted by molar-refractivity contribution is 8.01. The number of hydrogen-bond acceptors (Lipinski definition) is 6. The molecule has 1 fully saturated rings. The summed E-state index contributed by atoms with van der Waals surface area (Å²) < 4.78 is 16.6. The van der Waals surface area contributed by atoms with Crippen LogP contribution in [0.4, 0.5) is 0 Å². The number of esters is 1. The van der Waals surface area contributed by atoms with Gasteiger partial charge in [0.15, 0.2) is 0 Å². The summed E-state index contributed by atoms with van der Waals surface area (Å²) in [5, 5.41) is 3.79. The molecule has 140 valence electrons. The molecule has 1 aromatic rings. The third-order valence-corrected chi connectivity index (χ3v) is 5.29. The average Bonchev–Trinajstić information content (AvgIpc) is 2.91. The normalized spacial score (nSPS) is 23.5. The van der Waals surface area contributed by atoms with Crippen LogP contribution in [0.1, 0.15) is 39.7 Å². The number of carbonyl (C=O) groups is 1. The summed E-state index contributed by atoms with van der Waals surface area (Å²) in [6.45, 7) is 8.98. The molecule has 1 aliphatic heterocycles. The van der Waals surface area contributed by atoms with Crippen LogP contribution in [0.2, 0.25) is 0 Å². The molecule has 5 nitrogen and oxygen atoms in total. The Morgan fingerprint density at radius 2 is 1.96 bits per heavy atom. The van der Waals surface area contributed by atoms with Gasteiger partial charge in [-0.1, -0.05) is 32.9 Å². The minimum Gasteiger partial charge on any atom is -0.497 e. The van der Waals surface area contributed by atoms with Crippen molar-refractivity contribution in [1.29, 1.82) is 0 Å². The first kappa shape index (κ1) is 20.1. The van der Waals surface area contributed by atoms with E-state index >= 15 is 0 Å². The highest BCUT2D eigenvalue weighted by Gasteiger charge is 2.37. The molecule has 0 radical (unpaired) electrons. The Labute approximate surface area is 154 Å². The lowest BCUT2D eigenvalue weighted by molar-refractivity contribution is -0.141. The van der Waals surface area contributed by atoms with Gasteiger partial charge in [-0.2, -0.15) is 0 Å². The molecular weight excluding hydrogens is 338 g/mol. The first-order valence-corrected chi connectivity index (χ1v) is 9.46. The Kier molecular flexibility index (Phi) is 7.16. The number of ether oxygens (including phenoxy) is 3. The summed E-state index contributed by atoms with van der Waals surface area (Å²) in [6.07, 6.45) is 0.856. The van der Waals surface area contributed by atoms with E-state index in [4.69, 9.17) is 14.2 Å². The fraction of sp³-hybridized carbons (Fsp3) is 0.632. The SMILES string of the molecule is COc1ccc(COC2NC(COC(C)=O)CC2SC(C)(C)C)cc1. The lowest BCUT2D eigenvalue weighted by atomic mass is 10.2. The highest BCUT2D eigenvalue weighted by Crippen LogP contribution is 2.36. The van der Waals surface area contributed by atoms with Crippen LogP contribution < -0.4 is 10.1 Å². The van der Waals surface area contributed by atoms with E-state index in [1.54, 1.807) is 7.11 Å². The van der Waals surface area contributed by atoms with Crippen molar-refractivity contribution < 1.29 is 19.0 Å². The number of rotatable bonds is 7. The molecular formula is C19H29NO4S. The molecule has 1 aliphatic rings. The van der Waals surface area contributed by atoms with Gasteiger partial charge in [0.25, 0.3) is 0 Å². The summed E-state index contributed by atoms with van der Waals surface area (Å²) in [5.74, 6) is 0.592. The van der Waals surface area contributed by atoms with E-state index in [-0.39, 0.29) is 23.0 Å². The molecule has 0 amide bonds. The molecule has 6 heteroatoms. The second-order valence-corrected chi connectivity index (χ2v) is 9.32. The van der Waals surface area contributed by atoms with Crippen molar-refractivity contribution in [3.05, 3.63) is 29.8 Å². The Bertz CT molecular complexity index is 556. The van der Waals surface area contributed by atoms with Crippen LogP contribution in [-0.4, -0.2) is 42.0 Å². The van der Waals surface area contributed by atoms with Crippen LogP contribution in [-0.2, 0) is 20.9 Å². The standard InChI is InChI=1S/C19H29NO4S/c1-13(21)23-12-15-10-17(25-19(2,3)4)18(20-15)24-11-14-6-8-16(22-5)9-7-14/h6-9,15,17-18,20H,10-12H2,1-5H3. The van der Waals surface area contributed by atoms with Gasteiger partial charge in [-0.3, -0.25) is 10.1 Å². The van der Waals surface area contributed by atoms with Crippen LogP contribution in [0.25, 0.3) is 0 Å². The molecule has 2 rings (SSSR count). The van der Waals surface area contributed by atoms with Crippen LogP contribution in [0.5, 0.6) is 5.75 Å². The fourth-order valence-electron chi connectivity index (χ4n) is 2.77. The second kappa shape index (κ2) is 8.92. The molecule has 3 atom stereocenters. The summed E-state index contributed by atoms with van der Waals surface area (Å²) in [4.78, 5) is 11.1. The van der Waals surface area contributed by atoms with Crippen LogP contribution >= 0.6 is 11.8 Å². The van der Waals surface area contributed by atoms with E-state index < -0.39 is 0 Å². The van der Waals surface area contributed by atoms with Crippen LogP contribution in [0, 0.1) is 0 Å². The molecule has 0 saturated carbocycles. The third-order valence-electron chi connectivity index (χ3n) is 3.84. The van der Waals surface area contributed by atoms with Crippen molar-refractivity contribution in [2.45, 2.75) is 63.0 Å². The second-order valence-electron chi connectivity index (χ2n) is 7.25. The minimum atomic E-state index is -0.246. The number of methoxy groups -OCH3 is 1. The minimum absolute atomic E-state index is 0.0631. The lowest BCUT2D eigenvalue weighted by Gasteiger charge is -2.26. The maximum atomic E-state index is 11.1. The Hall–Kier alpha value is -1.24. The molecule has 0 spiro atoms. The van der Waals surface area contributed by atoms with E-state index in [0.29, 0.717) is 18.5 Å². The fourth-order valence-corrected chi connectivity index (χ4v) is 4.29. The zero-order chi connectivity index (χ0) is 18.4. The largest absolute Gasteiger partial charge is 0.497 e. The predicted octanol–water partition coefficient (Wildman–Crippen LogP) is 3.36. The van der Waals surface area contributed by atoms with Gasteiger partial charge >= 0.3 is 5.97 Å². The van der Waals surface area contributed by atoms with Crippen molar-refractivity contribution in [2.75, 3.05) is 13.7 Å². The third kappa shape index (κ3) is 6.88. The van der Waals surface area contributed by atoms with Gasteiger partial charge in [0.05, 0.1) is 13.7 Å². The average molecular weight is 368 g/mol. The van der Waals surface area contributed by atoms with Crippen molar-refractivity contribution in [3.63, 3.8) is 0 Å². The highest BCUT2D eigenvalue weighted by atomic mass is 32.2. The molecule has 3 unspecified atom stereocenters. The summed E-state index contributed by atoms with van der Waals surface area (Å²) in [6, 6.07) is 8.02. The van der Waals surface area contributed by atoms with E-state index in [1.807, 2.05) is 36.0 Å². The van der Waals surface area contributed by atoms with Gasteiger partial charge < -0.3 is 14.2 Å². The maximum Gasteiger partial charge on any atom is 0.302 e. The first-order valence-electron chi connectivity index (χ1n) is 8.58. The number of carbonyl (C=O) groups excluding carboxylic acids is 1. The zero-order valence-electron chi connectivity index (χ0n) is 15.7. The van der Waals surface area contributed by atoms with Crippen molar-refractivity contribution in [3.8, 4) is 5.75 Å². The van der Waals surface area contributed by atoms with Gasteiger partial charge in [-0.05, 0) is 24.1 Å². The molecule has 1 aromatic carbocycles. The summed E-state index contributed by atoms with van der Waals surface area (Å²) >= 11 is 1.90. The van der Waals surface area contributed by atoms with Crippen molar-refractivity contribution in [2.24, 2.45) is 0 Å². The summed E-state index contributed by atoms with van der Waals surface area (Å²) in [7, 11) is 1.66. The number of benzene rings is 1. The van der Waals surface area contributed by atoms with Gasteiger partial charge in [-0.25, -0.2) is 0 Å². The van der Waals surface area contributed by atoms with E-state index in [1.165, 1.54) is 6.92 Å². The van der Waals surface area contributed by atoms with E-state index in [9.17, 15) is 4.79 Å². The van der Waals surface area contributed by atoms with Gasteiger partial charge in [0.2, 0.25) is 0 Å². The monoisotopic (exact) mass is 367 g/mol. The van der Waals surface area contributed by atoms with Gasteiger partial charge in [0.1, 0.15) is 18.6 Å². The van der Waals surface area contributed by atoms with Crippen molar-refractivity contribution >= 4 is 17.7 Å². The molecule has 0 aromatic heterocycles.